The Hall–Kier alpha value is -1.58. The fourth-order valence-corrected chi connectivity index (χ4v) is 1.21. The van der Waals surface area contributed by atoms with E-state index in [1.165, 1.54) is 25.7 Å². The number of rotatable bonds is 9. The smallest absolute Gasteiger partial charge is 0.333 e. The normalized spacial score (nSPS) is 10.8. The number of hydrogen-bond acceptors (Lipinski definition) is 4. The Morgan fingerprint density at radius 1 is 0.955 bits per heavy atom. The number of esters is 2. The monoisotopic (exact) mass is 311 g/mol. The van der Waals surface area contributed by atoms with Crippen LogP contribution < -0.4 is 0 Å². The fourth-order valence-electron chi connectivity index (χ4n) is 1.21. The van der Waals surface area contributed by atoms with Gasteiger partial charge in [0.25, 0.3) is 0 Å². The van der Waals surface area contributed by atoms with Crippen molar-refractivity contribution >= 4 is 11.9 Å². The summed E-state index contributed by atoms with van der Waals surface area (Å²) in [5.41, 5.74) is 0.632. The van der Waals surface area contributed by atoms with E-state index in [2.05, 4.69) is 43.4 Å². The van der Waals surface area contributed by atoms with Crippen molar-refractivity contribution in [2.75, 3.05) is 13.2 Å². The summed E-state index contributed by atoms with van der Waals surface area (Å²) in [5, 5.41) is 0. The van der Waals surface area contributed by atoms with Gasteiger partial charge in [0, 0.05) is 11.1 Å². The Labute approximate surface area is 135 Å². The van der Waals surface area contributed by atoms with Gasteiger partial charge in [0.05, 0.1) is 0 Å². The van der Waals surface area contributed by atoms with Crippen molar-refractivity contribution in [2.24, 2.45) is 5.92 Å². The molecule has 1 radical (unpaired) electrons. The van der Waals surface area contributed by atoms with Crippen molar-refractivity contribution in [3.05, 3.63) is 31.2 Å². The van der Waals surface area contributed by atoms with Crippen LogP contribution in [0.5, 0.6) is 0 Å². The van der Waals surface area contributed by atoms with E-state index in [9.17, 15) is 9.59 Å². The lowest BCUT2D eigenvalue weighted by Gasteiger charge is -2.05. The van der Waals surface area contributed by atoms with Gasteiger partial charge in [-0.3, -0.25) is 0 Å². The second-order valence-corrected chi connectivity index (χ2v) is 5.25. The fraction of sp³-hybridized carbons (Fsp3) is 0.611. The second-order valence-electron chi connectivity index (χ2n) is 5.25. The first kappa shape index (κ1) is 22.7. The highest BCUT2D eigenvalue weighted by molar-refractivity contribution is 5.87. The van der Waals surface area contributed by atoms with E-state index in [0.29, 0.717) is 17.1 Å². The summed E-state index contributed by atoms with van der Waals surface area (Å²) in [5.74, 6) is -0.275. The molecule has 0 saturated heterocycles. The average Bonchev–Trinajstić information content (AvgIpc) is 2.48. The molecular weight excluding hydrogens is 280 g/mol. The topological polar surface area (TPSA) is 52.6 Å². The lowest BCUT2D eigenvalue weighted by Crippen LogP contribution is -2.14. The van der Waals surface area contributed by atoms with Crippen LogP contribution in [0.15, 0.2) is 24.3 Å². The number of hydrogen-bond donors (Lipinski definition) is 0. The molecule has 0 rings (SSSR count). The van der Waals surface area contributed by atoms with Crippen LogP contribution in [0.4, 0.5) is 0 Å². The van der Waals surface area contributed by atoms with E-state index in [4.69, 9.17) is 0 Å². The molecule has 0 spiro atoms. The third kappa shape index (κ3) is 14.8. The summed E-state index contributed by atoms with van der Waals surface area (Å²) < 4.78 is 9.38. The van der Waals surface area contributed by atoms with Crippen molar-refractivity contribution < 1.29 is 19.1 Å². The Morgan fingerprint density at radius 2 is 1.36 bits per heavy atom. The molecule has 0 saturated carbocycles. The van der Waals surface area contributed by atoms with Crippen LogP contribution in [-0.2, 0) is 19.1 Å². The molecular formula is C18H31O4. The quantitative estimate of drug-likeness (QED) is 0.363. The summed E-state index contributed by atoms with van der Waals surface area (Å²) in [6.45, 7) is 18.4. The van der Waals surface area contributed by atoms with E-state index in [1.807, 2.05) is 0 Å². The number of unbranched alkanes of at least 4 members (excludes halogenated alkanes) is 1. The molecule has 0 N–H and O–H groups in total. The molecule has 0 amide bonds. The van der Waals surface area contributed by atoms with Gasteiger partial charge in [-0.05, 0) is 19.8 Å². The summed E-state index contributed by atoms with van der Waals surface area (Å²) in [4.78, 5) is 21.7. The maximum absolute atomic E-state index is 10.8. The largest absolute Gasteiger partial charge is 0.459 e. The van der Waals surface area contributed by atoms with Crippen molar-refractivity contribution in [2.45, 2.75) is 53.4 Å². The predicted octanol–water partition coefficient (Wildman–Crippen LogP) is 4.26. The summed E-state index contributed by atoms with van der Waals surface area (Å²) >= 11 is 0. The molecule has 0 bridgehead atoms. The van der Waals surface area contributed by atoms with E-state index >= 15 is 0 Å². The van der Waals surface area contributed by atoms with Gasteiger partial charge in [0.2, 0.25) is 0 Å². The van der Waals surface area contributed by atoms with Crippen LogP contribution in [-0.4, -0.2) is 25.2 Å². The van der Waals surface area contributed by atoms with E-state index in [1.54, 1.807) is 13.8 Å². The molecule has 22 heavy (non-hydrogen) atoms. The van der Waals surface area contributed by atoms with Gasteiger partial charge < -0.3 is 9.47 Å². The maximum Gasteiger partial charge on any atom is 0.333 e. The van der Waals surface area contributed by atoms with Crippen molar-refractivity contribution in [1.82, 2.24) is 0 Å². The Kier molecular flexibility index (Phi) is 14.8. The van der Waals surface area contributed by atoms with Crippen molar-refractivity contribution in [3.63, 3.8) is 0 Å². The molecule has 127 valence electrons. The average molecular weight is 311 g/mol. The van der Waals surface area contributed by atoms with Gasteiger partial charge >= 0.3 is 11.9 Å². The molecule has 4 nitrogen and oxygen atoms in total. The highest BCUT2D eigenvalue weighted by atomic mass is 16.6. The van der Waals surface area contributed by atoms with Crippen molar-refractivity contribution in [1.29, 1.82) is 0 Å². The van der Waals surface area contributed by atoms with Gasteiger partial charge in [-0.2, -0.15) is 0 Å². The summed E-state index contributed by atoms with van der Waals surface area (Å²) in [6, 6.07) is 0. The van der Waals surface area contributed by atoms with Crippen molar-refractivity contribution in [3.8, 4) is 0 Å². The predicted molar refractivity (Wildman–Crippen MR) is 90.2 cm³/mol. The van der Waals surface area contributed by atoms with Gasteiger partial charge in [-0.15, -0.1) is 0 Å². The minimum absolute atomic E-state index is 0.0325. The van der Waals surface area contributed by atoms with E-state index in [-0.39, 0.29) is 13.2 Å². The second kappa shape index (κ2) is 14.4. The number of ether oxygens (including phenoxy) is 2. The third-order valence-electron chi connectivity index (χ3n) is 2.79. The standard InChI is InChI=1S/C10H14O4.C8H17/c1-7(2)9(11)13-5-6-14-10(12)8(3)4;1-4-6-7-8(3)5-2/h1,3,5-6H2,2,4H3;8H,3-7H2,1-2H3. The Bertz CT molecular complexity index is 330. The molecule has 0 aromatic carbocycles. The van der Waals surface area contributed by atoms with Crippen LogP contribution >= 0.6 is 0 Å². The van der Waals surface area contributed by atoms with Crippen LogP contribution in [0.2, 0.25) is 0 Å². The zero-order valence-corrected chi connectivity index (χ0v) is 14.6. The molecule has 0 fully saturated rings. The number of carbonyl (C=O) groups excluding carboxylic acids is 2. The number of carbonyl (C=O) groups is 2. The lowest BCUT2D eigenvalue weighted by atomic mass is 10.0. The van der Waals surface area contributed by atoms with Gasteiger partial charge in [0.15, 0.2) is 0 Å². The molecule has 1 unspecified atom stereocenters. The highest BCUT2D eigenvalue weighted by Gasteiger charge is 2.05. The molecule has 4 heteroatoms. The van der Waals surface area contributed by atoms with Gasteiger partial charge in [-0.1, -0.05) is 59.6 Å². The van der Waals surface area contributed by atoms with Crippen LogP contribution in [0.3, 0.4) is 0 Å². The lowest BCUT2D eigenvalue weighted by molar-refractivity contribution is -0.147. The Balaban J connectivity index is 0. The zero-order chi connectivity index (χ0) is 17.5. The van der Waals surface area contributed by atoms with Gasteiger partial charge in [-0.25, -0.2) is 9.59 Å². The molecule has 0 aromatic heterocycles. The molecule has 1 atom stereocenters. The summed E-state index contributed by atoms with van der Waals surface area (Å²) in [6.07, 6.45) is 5.21. The first-order chi connectivity index (χ1) is 10.3. The zero-order valence-electron chi connectivity index (χ0n) is 14.6. The third-order valence-corrected chi connectivity index (χ3v) is 2.79. The van der Waals surface area contributed by atoms with Crippen LogP contribution in [0.1, 0.15) is 53.4 Å². The van der Waals surface area contributed by atoms with Crippen LogP contribution in [0, 0.1) is 12.8 Å². The van der Waals surface area contributed by atoms with E-state index < -0.39 is 11.9 Å². The van der Waals surface area contributed by atoms with Crippen LogP contribution in [0.25, 0.3) is 0 Å². The minimum Gasteiger partial charge on any atom is -0.459 e. The minimum atomic E-state index is -0.489. The first-order valence-electron chi connectivity index (χ1n) is 7.74. The first-order valence-corrected chi connectivity index (χ1v) is 7.74. The molecule has 0 aliphatic heterocycles. The SMILES string of the molecule is C=C(C)C(=O)OCCOC(=O)C(=C)C.[CH2]C(CC)CCCC. The molecule has 0 heterocycles. The van der Waals surface area contributed by atoms with Gasteiger partial charge in [0.1, 0.15) is 13.2 Å². The highest BCUT2D eigenvalue weighted by Crippen LogP contribution is 2.09. The maximum atomic E-state index is 10.8. The summed E-state index contributed by atoms with van der Waals surface area (Å²) in [7, 11) is 0. The van der Waals surface area contributed by atoms with E-state index in [0.717, 1.165) is 0 Å². The molecule has 0 aromatic rings. The molecule has 0 aliphatic rings. The Morgan fingerprint density at radius 3 is 1.64 bits per heavy atom. The molecule has 0 aliphatic carbocycles.